The average molecular weight is 338 g/mol. The van der Waals surface area contributed by atoms with E-state index < -0.39 is 0 Å². The standard InChI is InChI=1S/C18H22N6O/c1-3-20-15(22-14-4-6-23-7-5-21-17(23)8-14)9-16(19-2)24-10-18(11-24)12-25-13-18/h4-9H,2-3,10-13H2,1H3,(H,20,22)/b16-9+. The predicted octanol–water partition coefficient (Wildman–Crippen LogP) is 2.04. The lowest BCUT2D eigenvalue weighted by molar-refractivity contribution is -0.180. The van der Waals surface area contributed by atoms with Gasteiger partial charge in [-0.05, 0) is 19.7 Å². The molecule has 7 heteroatoms. The smallest absolute Gasteiger partial charge is 0.138 e. The topological polar surface area (TPSA) is 66.5 Å². The Kier molecular flexibility index (Phi) is 4.01. The monoisotopic (exact) mass is 338 g/mol. The van der Waals surface area contributed by atoms with Crippen LogP contribution >= 0.6 is 0 Å². The number of imidazole rings is 1. The Morgan fingerprint density at radius 3 is 2.96 bits per heavy atom. The summed E-state index contributed by atoms with van der Waals surface area (Å²) in [5.74, 6) is 1.62. The first-order valence-electron chi connectivity index (χ1n) is 8.47. The number of rotatable bonds is 5. The lowest BCUT2D eigenvalue weighted by Crippen LogP contribution is -2.65. The molecule has 1 N–H and O–H groups in total. The van der Waals surface area contributed by atoms with Crippen LogP contribution in [-0.2, 0) is 4.74 Å². The summed E-state index contributed by atoms with van der Waals surface area (Å²) in [5, 5.41) is 3.36. The molecule has 4 rings (SSSR count). The summed E-state index contributed by atoms with van der Waals surface area (Å²) < 4.78 is 7.30. The lowest BCUT2D eigenvalue weighted by Gasteiger charge is -2.55. The third-order valence-electron chi connectivity index (χ3n) is 4.62. The van der Waals surface area contributed by atoms with Gasteiger partial charge in [0.15, 0.2) is 0 Å². The molecule has 2 saturated heterocycles. The fourth-order valence-electron chi connectivity index (χ4n) is 3.29. The highest BCUT2D eigenvalue weighted by molar-refractivity contribution is 6.04. The molecule has 0 radical (unpaired) electrons. The summed E-state index contributed by atoms with van der Waals surface area (Å²) >= 11 is 0. The van der Waals surface area contributed by atoms with Gasteiger partial charge in [-0.15, -0.1) is 0 Å². The maximum atomic E-state index is 5.33. The highest BCUT2D eigenvalue weighted by atomic mass is 16.5. The van der Waals surface area contributed by atoms with Crippen LogP contribution in [0, 0.1) is 5.41 Å². The molecular formula is C18H22N6O. The number of likely N-dealkylation sites (tertiary alicyclic amines) is 1. The molecule has 4 heterocycles. The van der Waals surface area contributed by atoms with Gasteiger partial charge in [0.05, 0.1) is 18.6 Å². The molecule has 0 aliphatic carbocycles. The van der Waals surface area contributed by atoms with Crippen LogP contribution in [0.5, 0.6) is 0 Å². The zero-order valence-electron chi connectivity index (χ0n) is 14.4. The van der Waals surface area contributed by atoms with Crippen LogP contribution in [0.2, 0.25) is 0 Å². The number of nitrogens with one attached hydrogen (secondary N) is 1. The molecule has 0 atom stereocenters. The molecule has 1 spiro atoms. The first-order chi connectivity index (χ1) is 12.2. The Morgan fingerprint density at radius 2 is 2.28 bits per heavy atom. The van der Waals surface area contributed by atoms with E-state index in [9.17, 15) is 0 Å². The van der Waals surface area contributed by atoms with Gasteiger partial charge in [0.25, 0.3) is 0 Å². The Morgan fingerprint density at radius 1 is 1.44 bits per heavy atom. The minimum atomic E-state index is 0.338. The molecular weight excluding hydrogens is 316 g/mol. The van der Waals surface area contributed by atoms with Gasteiger partial charge in [-0.2, -0.15) is 0 Å². The third kappa shape index (κ3) is 3.02. The number of fused-ring (bicyclic) bond motifs is 1. The fourth-order valence-corrected chi connectivity index (χ4v) is 3.29. The number of hydrogen-bond acceptors (Lipinski definition) is 5. The average Bonchev–Trinajstić information content (AvgIpc) is 2.98. The second-order valence-corrected chi connectivity index (χ2v) is 6.60. The van der Waals surface area contributed by atoms with Crippen molar-refractivity contribution < 1.29 is 4.74 Å². The Hall–Kier alpha value is -2.67. The summed E-state index contributed by atoms with van der Waals surface area (Å²) in [6.45, 7) is 10.1. The van der Waals surface area contributed by atoms with Crippen LogP contribution < -0.4 is 5.32 Å². The lowest BCUT2D eigenvalue weighted by atomic mass is 9.78. The number of aromatic nitrogens is 2. The summed E-state index contributed by atoms with van der Waals surface area (Å²) in [6, 6.07) is 3.99. The first kappa shape index (κ1) is 15.8. The van der Waals surface area contributed by atoms with Crippen molar-refractivity contribution in [3.8, 4) is 0 Å². The van der Waals surface area contributed by atoms with Crippen molar-refractivity contribution in [3.63, 3.8) is 0 Å². The van der Waals surface area contributed by atoms with Crippen LogP contribution in [0.1, 0.15) is 6.92 Å². The summed E-state index contributed by atoms with van der Waals surface area (Å²) in [6.07, 6.45) is 7.63. The summed E-state index contributed by atoms with van der Waals surface area (Å²) in [4.78, 5) is 15.3. The molecule has 0 unspecified atom stereocenters. The van der Waals surface area contributed by atoms with E-state index in [1.165, 1.54) is 0 Å². The van der Waals surface area contributed by atoms with Crippen molar-refractivity contribution in [1.82, 2.24) is 14.3 Å². The van der Waals surface area contributed by atoms with Gasteiger partial charge in [-0.3, -0.25) is 4.99 Å². The second-order valence-electron chi connectivity index (χ2n) is 6.60. The van der Waals surface area contributed by atoms with E-state index in [1.807, 2.05) is 41.9 Å². The molecule has 25 heavy (non-hydrogen) atoms. The van der Waals surface area contributed by atoms with Gasteiger partial charge < -0.3 is 19.4 Å². The number of anilines is 1. The molecule has 7 nitrogen and oxygen atoms in total. The van der Waals surface area contributed by atoms with E-state index in [4.69, 9.17) is 4.74 Å². The number of ether oxygens (including phenoxy) is 1. The largest absolute Gasteiger partial charge is 0.380 e. The van der Waals surface area contributed by atoms with Crippen molar-refractivity contribution >= 4 is 23.9 Å². The van der Waals surface area contributed by atoms with Crippen molar-refractivity contribution in [3.05, 3.63) is 42.6 Å². The zero-order chi connectivity index (χ0) is 17.3. The van der Waals surface area contributed by atoms with Gasteiger partial charge in [0, 0.05) is 56.1 Å². The van der Waals surface area contributed by atoms with Crippen molar-refractivity contribution in [1.29, 1.82) is 0 Å². The number of hydrogen-bond donors (Lipinski definition) is 1. The SMILES string of the molecule is C=N/C(=C\C(=NCC)Nc1ccn2ccnc2c1)N1CC2(COC2)C1. The summed E-state index contributed by atoms with van der Waals surface area (Å²) in [5.41, 5.74) is 2.17. The summed E-state index contributed by atoms with van der Waals surface area (Å²) in [7, 11) is 0. The van der Waals surface area contributed by atoms with Crippen molar-refractivity contribution in [2.75, 3.05) is 38.2 Å². The minimum absolute atomic E-state index is 0.338. The van der Waals surface area contributed by atoms with Crippen LogP contribution in [-0.4, -0.2) is 59.7 Å². The van der Waals surface area contributed by atoms with Crippen LogP contribution in [0.4, 0.5) is 5.69 Å². The fraction of sp³-hybridized carbons (Fsp3) is 0.389. The first-order valence-corrected chi connectivity index (χ1v) is 8.47. The number of aliphatic imine (C=N–C) groups is 2. The van der Waals surface area contributed by atoms with E-state index in [2.05, 4.69) is 31.9 Å². The van der Waals surface area contributed by atoms with Crippen LogP contribution in [0.15, 0.2) is 52.6 Å². The molecule has 2 aliphatic rings. The van der Waals surface area contributed by atoms with E-state index in [0.29, 0.717) is 12.0 Å². The predicted molar refractivity (Wildman–Crippen MR) is 99.2 cm³/mol. The van der Waals surface area contributed by atoms with Gasteiger partial charge in [0.1, 0.15) is 17.3 Å². The molecule has 2 aliphatic heterocycles. The van der Waals surface area contributed by atoms with Crippen LogP contribution in [0.25, 0.3) is 5.65 Å². The van der Waals surface area contributed by atoms with Crippen molar-refractivity contribution in [2.45, 2.75) is 6.92 Å². The Balaban J connectivity index is 1.51. The maximum Gasteiger partial charge on any atom is 0.138 e. The Labute approximate surface area is 146 Å². The van der Waals surface area contributed by atoms with Gasteiger partial charge in [0.2, 0.25) is 0 Å². The maximum absolute atomic E-state index is 5.33. The highest BCUT2D eigenvalue weighted by Gasteiger charge is 2.49. The van der Waals surface area contributed by atoms with Gasteiger partial charge in [-0.1, -0.05) is 0 Å². The number of nitrogens with zero attached hydrogens (tertiary/aromatic N) is 5. The van der Waals surface area contributed by atoms with Gasteiger partial charge in [-0.25, -0.2) is 9.98 Å². The molecule has 0 bridgehead atoms. The minimum Gasteiger partial charge on any atom is -0.380 e. The van der Waals surface area contributed by atoms with E-state index >= 15 is 0 Å². The quantitative estimate of drug-likeness (QED) is 0.669. The molecule has 0 saturated carbocycles. The molecule has 2 aromatic rings. The normalized spacial score (nSPS) is 19.6. The third-order valence-corrected chi connectivity index (χ3v) is 4.62. The van der Waals surface area contributed by atoms with Crippen molar-refractivity contribution in [2.24, 2.45) is 15.4 Å². The molecule has 2 aromatic heterocycles. The van der Waals surface area contributed by atoms with E-state index in [1.54, 1.807) is 6.20 Å². The van der Waals surface area contributed by atoms with E-state index in [-0.39, 0.29) is 0 Å². The van der Waals surface area contributed by atoms with Crippen LogP contribution in [0.3, 0.4) is 0 Å². The van der Waals surface area contributed by atoms with E-state index in [0.717, 1.165) is 49.3 Å². The second kappa shape index (κ2) is 6.33. The molecule has 0 aromatic carbocycles. The van der Waals surface area contributed by atoms with Gasteiger partial charge >= 0.3 is 0 Å². The highest BCUT2D eigenvalue weighted by Crippen LogP contribution is 2.39. The molecule has 0 amide bonds. The molecule has 130 valence electrons. The number of amidine groups is 1. The molecule has 2 fully saturated rings. The zero-order valence-corrected chi connectivity index (χ0v) is 14.4. The number of pyridine rings is 1. The Bertz CT molecular complexity index is 840.